The lowest BCUT2D eigenvalue weighted by Crippen LogP contribution is -2.17. The number of aromatic nitrogens is 3. The number of hydrogen-bond donors (Lipinski definition) is 1. The number of nitrogens with two attached hydrogens (primary N) is 1. The number of amides is 1. The van der Waals surface area contributed by atoms with Gasteiger partial charge in [-0.15, -0.1) is 5.10 Å². The van der Waals surface area contributed by atoms with Crippen LogP contribution in [-0.4, -0.2) is 33.5 Å². The van der Waals surface area contributed by atoms with Crippen molar-refractivity contribution in [1.29, 1.82) is 0 Å². The van der Waals surface area contributed by atoms with Gasteiger partial charge in [0.25, 0.3) is 5.91 Å². The van der Waals surface area contributed by atoms with Crippen LogP contribution < -0.4 is 5.73 Å². The first-order chi connectivity index (χ1) is 7.56. The maximum absolute atomic E-state index is 11.3. The van der Waals surface area contributed by atoms with Crippen molar-refractivity contribution < 1.29 is 14.3 Å². The molecule has 1 aromatic rings. The summed E-state index contributed by atoms with van der Waals surface area (Å²) in [5.74, 6) is -1.07. The standard InChI is InChI=1S/C9H14N4O3/c1-3-4-16-7(14)5-13-6(2)8(9(10)15)11-12-13/h3-5H2,1-2H3,(H2,10,15). The topological polar surface area (TPSA) is 100 Å². The highest BCUT2D eigenvalue weighted by Crippen LogP contribution is 2.02. The zero-order chi connectivity index (χ0) is 12.1. The molecule has 0 spiro atoms. The second-order valence-corrected chi connectivity index (χ2v) is 3.27. The van der Waals surface area contributed by atoms with E-state index in [1.807, 2.05) is 6.92 Å². The third-order valence-electron chi connectivity index (χ3n) is 1.96. The Balaban J connectivity index is 2.68. The highest BCUT2D eigenvalue weighted by Gasteiger charge is 2.15. The minimum atomic E-state index is -0.661. The average molecular weight is 226 g/mol. The fourth-order valence-corrected chi connectivity index (χ4v) is 1.12. The molecule has 2 N–H and O–H groups in total. The van der Waals surface area contributed by atoms with Gasteiger partial charge in [0.15, 0.2) is 5.69 Å². The third kappa shape index (κ3) is 2.78. The molecule has 7 heteroatoms. The van der Waals surface area contributed by atoms with E-state index in [1.165, 1.54) is 4.68 Å². The average Bonchev–Trinajstić information content (AvgIpc) is 2.57. The van der Waals surface area contributed by atoms with Crippen molar-refractivity contribution in [3.8, 4) is 0 Å². The SMILES string of the molecule is CCCOC(=O)Cn1nnc(C(N)=O)c1C. The van der Waals surface area contributed by atoms with E-state index >= 15 is 0 Å². The van der Waals surface area contributed by atoms with Gasteiger partial charge < -0.3 is 10.5 Å². The van der Waals surface area contributed by atoms with Crippen LogP contribution in [-0.2, 0) is 16.1 Å². The van der Waals surface area contributed by atoms with Gasteiger partial charge in [0.05, 0.1) is 12.3 Å². The number of carbonyl (C=O) groups excluding carboxylic acids is 2. The fraction of sp³-hybridized carbons (Fsp3) is 0.556. The first kappa shape index (κ1) is 12.2. The van der Waals surface area contributed by atoms with Gasteiger partial charge in [-0.1, -0.05) is 12.1 Å². The molecule has 0 fully saturated rings. The van der Waals surface area contributed by atoms with Crippen LogP contribution in [0.15, 0.2) is 0 Å². The summed E-state index contributed by atoms with van der Waals surface area (Å²) in [6.07, 6.45) is 0.759. The Morgan fingerprint density at radius 3 is 2.69 bits per heavy atom. The zero-order valence-electron chi connectivity index (χ0n) is 9.27. The third-order valence-corrected chi connectivity index (χ3v) is 1.96. The minimum absolute atomic E-state index is 0.0634. The Labute approximate surface area is 92.6 Å². The molecule has 0 saturated carbocycles. The van der Waals surface area contributed by atoms with Crippen LogP contribution in [0.2, 0.25) is 0 Å². The molecule has 0 aliphatic rings. The van der Waals surface area contributed by atoms with Crippen molar-refractivity contribution >= 4 is 11.9 Å². The lowest BCUT2D eigenvalue weighted by atomic mass is 10.3. The Morgan fingerprint density at radius 1 is 1.50 bits per heavy atom. The van der Waals surface area contributed by atoms with Gasteiger partial charge in [0, 0.05) is 0 Å². The summed E-state index contributed by atoms with van der Waals surface area (Å²) in [4.78, 5) is 22.2. The Hall–Kier alpha value is -1.92. The van der Waals surface area contributed by atoms with Crippen molar-refractivity contribution in [2.24, 2.45) is 5.73 Å². The molecule has 1 amide bonds. The summed E-state index contributed by atoms with van der Waals surface area (Å²) in [6, 6.07) is 0. The molecule has 1 rings (SSSR count). The van der Waals surface area contributed by atoms with E-state index in [2.05, 4.69) is 10.3 Å². The summed E-state index contributed by atoms with van der Waals surface area (Å²) in [7, 11) is 0. The van der Waals surface area contributed by atoms with Crippen molar-refractivity contribution in [2.75, 3.05) is 6.61 Å². The molecule has 0 aliphatic carbocycles. The van der Waals surface area contributed by atoms with E-state index < -0.39 is 11.9 Å². The number of esters is 1. The largest absolute Gasteiger partial charge is 0.464 e. The van der Waals surface area contributed by atoms with Crippen LogP contribution in [0.25, 0.3) is 0 Å². The Morgan fingerprint density at radius 2 is 2.19 bits per heavy atom. The van der Waals surface area contributed by atoms with E-state index in [-0.39, 0.29) is 12.2 Å². The van der Waals surface area contributed by atoms with Crippen molar-refractivity contribution in [1.82, 2.24) is 15.0 Å². The maximum atomic E-state index is 11.3. The van der Waals surface area contributed by atoms with E-state index in [9.17, 15) is 9.59 Å². The van der Waals surface area contributed by atoms with Crippen molar-refractivity contribution in [3.63, 3.8) is 0 Å². The maximum Gasteiger partial charge on any atom is 0.327 e. The van der Waals surface area contributed by atoms with E-state index in [0.717, 1.165) is 6.42 Å². The van der Waals surface area contributed by atoms with E-state index in [0.29, 0.717) is 12.3 Å². The smallest absolute Gasteiger partial charge is 0.327 e. The molecule has 16 heavy (non-hydrogen) atoms. The predicted octanol–water partition coefficient (Wildman–Crippen LogP) is -0.361. The molecular weight excluding hydrogens is 212 g/mol. The van der Waals surface area contributed by atoms with Crippen LogP contribution in [0.5, 0.6) is 0 Å². The van der Waals surface area contributed by atoms with E-state index in [1.54, 1.807) is 6.92 Å². The molecule has 88 valence electrons. The zero-order valence-corrected chi connectivity index (χ0v) is 9.27. The number of primary amides is 1. The first-order valence-electron chi connectivity index (χ1n) is 4.91. The molecule has 0 saturated heterocycles. The first-order valence-corrected chi connectivity index (χ1v) is 4.91. The normalized spacial score (nSPS) is 10.1. The van der Waals surface area contributed by atoms with Gasteiger partial charge in [0.2, 0.25) is 0 Å². The molecule has 7 nitrogen and oxygen atoms in total. The quantitative estimate of drug-likeness (QED) is 0.691. The second kappa shape index (κ2) is 5.24. The molecule has 1 heterocycles. The highest BCUT2D eigenvalue weighted by molar-refractivity contribution is 5.91. The number of hydrogen-bond acceptors (Lipinski definition) is 5. The highest BCUT2D eigenvalue weighted by atomic mass is 16.5. The van der Waals surface area contributed by atoms with Gasteiger partial charge in [-0.2, -0.15) is 0 Å². The van der Waals surface area contributed by atoms with Gasteiger partial charge in [0.1, 0.15) is 6.54 Å². The summed E-state index contributed by atoms with van der Waals surface area (Å²) < 4.78 is 6.17. The summed E-state index contributed by atoms with van der Waals surface area (Å²) in [5.41, 5.74) is 5.60. The molecule has 0 radical (unpaired) electrons. The number of nitrogens with zero attached hydrogens (tertiary/aromatic N) is 3. The van der Waals surface area contributed by atoms with Crippen molar-refractivity contribution in [3.05, 3.63) is 11.4 Å². The molecule has 0 bridgehead atoms. The molecule has 1 aromatic heterocycles. The Bertz CT molecular complexity index is 399. The number of ether oxygens (including phenoxy) is 1. The predicted molar refractivity (Wildman–Crippen MR) is 54.5 cm³/mol. The van der Waals surface area contributed by atoms with E-state index in [4.69, 9.17) is 10.5 Å². The number of carbonyl (C=O) groups is 2. The van der Waals surface area contributed by atoms with Crippen LogP contribution >= 0.6 is 0 Å². The lowest BCUT2D eigenvalue weighted by Gasteiger charge is -2.03. The molecule has 0 aliphatic heterocycles. The van der Waals surface area contributed by atoms with Gasteiger partial charge in [-0.3, -0.25) is 9.59 Å². The lowest BCUT2D eigenvalue weighted by molar-refractivity contribution is -0.144. The Kier molecular flexibility index (Phi) is 3.98. The van der Waals surface area contributed by atoms with Gasteiger partial charge in [-0.25, -0.2) is 4.68 Å². The van der Waals surface area contributed by atoms with Gasteiger partial charge >= 0.3 is 5.97 Å². The molecule has 0 atom stereocenters. The number of rotatable bonds is 5. The van der Waals surface area contributed by atoms with Crippen LogP contribution in [0, 0.1) is 6.92 Å². The monoisotopic (exact) mass is 226 g/mol. The van der Waals surface area contributed by atoms with Crippen molar-refractivity contribution in [2.45, 2.75) is 26.8 Å². The summed E-state index contributed by atoms with van der Waals surface area (Å²) >= 11 is 0. The molecular formula is C9H14N4O3. The second-order valence-electron chi connectivity index (χ2n) is 3.27. The summed E-state index contributed by atoms with van der Waals surface area (Å²) in [5, 5.41) is 7.23. The van der Waals surface area contributed by atoms with Crippen LogP contribution in [0.4, 0.5) is 0 Å². The molecule has 0 unspecified atom stereocenters. The van der Waals surface area contributed by atoms with Gasteiger partial charge in [-0.05, 0) is 13.3 Å². The molecule has 0 aromatic carbocycles. The van der Waals surface area contributed by atoms with Crippen LogP contribution in [0.3, 0.4) is 0 Å². The van der Waals surface area contributed by atoms with Crippen LogP contribution in [0.1, 0.15) is 29.5 Å². The fourth-order valence-electron chi connectivity index (χ4n) is 1.12. The summed E-state index contributed by atoms with van der Waals surface area (Å²) in [6.45, 7) is 3.83. The minimum Gasteiger partial charge on any atom is -0.464 e.